The van der Waals surface area contributed by atoms with Crippen LogP contribution in [-0.4, -0.2) is 78.0 Å². The number of carbonyl (C=O) groups is 1. The van der Waals surface area contributed by atoms with E-state index >= 15 is 0 Å². The van der Waals surface area contributed by atoms with Gasteiger partial charge in [0.05, 0.1) is 32.0 Å². The van der Waals surface area contributed by atoms with E-state index in [1.807, 2.05) is 60.7 Å². The largest absolute Gasteiger partial charge is 0.493 e. The van der Waals surface area contributed by atoms with Gasteiger partial charge in [0.1, 0.15) is 30.0 Å². The number of unbranched alkanes of at least 4 members (excludes halogenated alkanes) is 2. The molecule has 6 atom stereocenters. The molecule has 0 saturated heterocycles. The maximum atomic E-state index is 14.2. The van der Waals surface area contributed by atoms with E-state index in [9.17, 15) is 19.4 Å². The second kappa shape index (κ2) is 22.5. The van der Waals surface area contributed by atoms with Crippen molar-refractivity contribution in [3.63, 3.8) is 0 Å². The van der Waals surface area contributed by atoms with Crippen LogP contribution in [0, 0.1) is 23.6 Å². The van der Waals surface area contributed by atoms with Gasteiger partial charge < -0.3 is 34.0 Å². The molecule has 0 spiro atoms. The second-order valence-electron chi connectivity index (χ2n) is 16.3. The molecule has 2 aliphatic carbocycles. The Kier molecular flexibility index (Phi) is 16.4. The summed E-state index contributed by atoms with van der Waals surface area (Å²) in [5.74, 6) is -0.421. The number of halogens is 1. The van der Waals surface area contributed by atoms with Gasteiger partial charge in [0.2, 0.25) is 5.79 Å². The molecule has 1 fully saturated rings. The van der Waals surface area contributed by atoms with Gasteiger partial charge in [-0.1, -0.05) is 90.8 Å². The number of carbonyl (C=O) groups excluding carboxylic acids is 1. The molecule has 4 aromatic carbocycles. The van der Waals surface area contributed by atoms with Gasteiger partial charge in [-0.2, -0.15) is 0 Å². The third-order valence-corrected chi connectivity index (χ3v) is 13.3. The number of hydrogen-bond acceptors (Lipinski definition) is 10. The summed E-state index contributed by atoms with van der Waals surface area (Å²) >= 11 is 1.73. The van der Waals surface area contributed by atoms with Crippen LogP contribution in [0.3, 0.4) is 0 Å². The van der Waals surface area contributed by atoms with E-state index in [0.29, 0.717) is 42.2 Å². The van der Waals surface area contributed by atoms with Gasteiger partial charge in [-0.15, -0.1) is 18.3 Å². The highest BCUT2D eigenvalue weighted by molar-refractivity contribution is 7.99. The van der Waals surface area contributed by atoms with Crippen LogP contribution in [0.5, 0.6) is 11.5 Å². The average Bonchev–Trinajstić information content (AvgIpc) is 3.31. The Balaban J connectivity index is 1.38. The quantitative estimate of drug-likeness (QED) is 0.0344. The minimum atomic E-state index is -1.48. The average molecular weight is 879 g/mol. The number of thioether (sulfide) groups is 1. The number of benzene rings is 4. The van der Waals surface area contributed by atoms with Crippen molar-refractivity contribution < 1.29 is 43.2 Å². The van der Waals surface area contributed by atoms with Crippen molar-refractivity contribution in [3.05, 3.63) is 150 Å². The van der Waals surface area contributed by atoms with Gasteiger partial charge in [0, 0.05) is 48.3 Å². The first-order valence-electron chi connectivity index (χ1n) is 22.0. The van der Waals surface area contributed by atoms with Gasteiger partial charge in [-0.3, -0.25) is 4.90 Å². The van der Waals surface area contributed by atoms with Crippen molar-refractivity contribution in [2.75, 3.05) is 39.3 Å². The maximum absolute atomic E-state index is 14.2. The third-order valence-electron chi connectivity index (χ3n) is 12.3. The van der Waals surface area contributed by atoms with Gasteiger partial charge in [-0.05, 0) is 96.7 Å². The molecule has 334 valence electrons. The Bertz CT molecular complexity index is 2160. The number of aliphatic hydroxyl groups is 2. The minimum absolute atomic E-state index is 0.0381. The molecule has 2 N–H and O–H groups in total. The highest BCUT2D eigenvalue weighted by Gasteiger charge is 2.65. The van der Waals surface area contributed by atoms with E-state index in [1.54, 1.807) is 34.9 Å². The fourth-order valence-corrected chi connectivity index (χ4v) is 10.3. The first-order valence-corrected chi connectivity index (χ1v) is 23.0. The summed E-state index contributed by atoms with van der Waals surface area (Å²) in [7, 11) is 1.35. The SMILES string of the molecule is C=CCOC12Oc3ccc(OCCSc4ccccc4)cc3C3C(CCCCO)C(CCCCO)C=C(C(=NOCc4ccccc4)CC1N(Cc1ccc(F)cc1)C(=O)OC)C32. The molecule has 1 saturated carbocycles. The molecule has 10 nitrogen and oxygen atoms in total. The lowest BCUT2D eigenvalue weighted by molar-refractivity contribution is -0.256. The number of allylic oxidation sites excluding steroid dienone is 1. The normalized spacial score (nSPS) is 22.8. The number of rotatable bonds is 22. The Hall–Kier alpha value is -5.14. The smallest absolute Gasteiger partial charge is 0.410 e. The number of fused-ring (bicyclic) bond motifs is 2. The van der Waals surface area contributed by atoms with Crippen LogP contribution < -0.4 is 9.47 Å². The monoisotopic (exact) mass is 878 g/mol. The van der Waals surface area contributed by atoms with Crippen LogP contribution in [0.4, 0.5) is 9.18 Å². The number of nitrogens with zero attached hydrogens (tertiary/aromatic N) is 2. The number of aliphatic hydroxyl groups excluding tert-OH is 2. The summed E-state index contributed by atoms with van der Waals surface area (Å²) in [6.45, 7) is 5.10. The molecule has 7 rings (SSSR count). The van der Waals surface area contributed by atoms with Crippen molar-refractivity contribution in [3.8, 4) is 11.5 Å². The van der Waals surface area contributed by atoms with Crippen molar-refractivity contribution in [2.45, 2.75) is 80.7 Å². The molecular weight excluding hydrogens is 820 g/mol. The lowest BCUT2D eigenvalue weighted by atomic mass is 9.55. The Morgan fingerprint density at radius 3 is 2.40 bits per heavy atom. The predicted molar refractivity (Wildman–Crippen MR) is 243 cm³/mol. The van der Waals surface area contributed by atoms with Gasteiger partial charge in [0.15, 0.2) is 0 Å². The van der Waals surface area contributed by atoms with Gasteiger partial charge in [0.25, 0.3) is 0 Å². The molecule has 0 aromatic heterocycles. The van der Waals surface area contributed by atoms with Crippen molar-refractivity contribution in [2.24, 2.45) is 22.9 Å². The Morgan fingerprint density at radius 1 is 0.952 bits per heavy atom. The molecule has 0 bridgehead atoms. The zero-order valence-corrected chi connectivity index (χ0v) is 36.8. The molecule has 63 heavy (non-hydrogen) atoms. The van der Waals surface area contributed by atoms with Crippen molar-refractivity contribution in [1.29, 1.82) is 0 Å². The van der Waals surface area contributed by atoms with E-state index in [2.05, 4.69) is 30.9 Å². The number of methoxy groups -OCH3 is 1. The first kappa shape index (κ1) is 45.9. The highest BCUT2D eigenvalue weighted by atomic mass is 32.2. The lowest BCUT2D eigenvalue weighted by Gasteiger charge is -2.59. The standard InChI is InChI=1S/C51H59FN2O8S/c1-3-28-60-51-47(54(50(57)58-2)34-36-20-22-39(52)23-21-36)33-45(53-61-35-37-14-6-4-7-15-37)43-31-38(16-10-12-26-55)42(19-11-13-27-56)48(49(43)51)44-32-40(24-25-46(44)62-51)59-29-30-63-41-17-8-5-9-18-41/h3-9,14-15,17-18,20-25,31-32,38,42,47-49,55-56H,1,10-13,16,19,26-30,33-35H2,2H3. The van der Waals surface area contributed by atoms with Crippen LogP contribution in [0.25, 0.3) is 0 Å². The van der Waals surface area contributed by atoms with E-state index in [1.165, 1.54) is 24.1 Å². The summed E-state index contributed by atoms with van der Waals surface area (Å²) in [5.41, 5.74) is 4.19. The third kappa shape index (κ3) is 11.0. The summed E-state index contributed by atoms with van der Waals surface area (Å²) in [6.07, 6.45) is 8.11. The maximum Gasteiger partial charge on any atom is 0.410 e. The molecule has 3 aliphatic rings. The second-order valence-corrected chi connectivity index (χ2v) is 17.4. The number of hydrogen-bond donors (Lipinski definition) is 2. The molecule has 12 heteroatoms. The zero-order valence-electron chi connectivity index (χ0n) is 36.0. The van der Waals surface area contributed by atoms with Crippen molar-refractivity contribution >= 4 is 23.6 Å². The molecule has 0 radical (unpaired) electrons. The molecule has 6 unspecified atom stereocenters. The number of amides is 1. The van der Waals surface area contributed by atoms with Crippen LogP contribution in [0.15, 0.2) is 137 Å². The fourth-order valence-electron chi connectivity index (χ4n) is 9.54. The van der Waals surface area contributed by atoms with Crippen LogP contribution in [-0.2, 0) is 27.5 Å². The Labute approximate surface area is 374 Å². The van der Waals surface area contributed by atoms with Crippen LogP contribution in [0.1, 0.15) is 67.6 Å². The van der Waals surface area contributed by atoms with Gasteiger partial charge >= 0.3 is 6.09 Å². The fraction of sp³-hybridized carbons (Fsp3) is 0.412. The van der Waals surface area contributed by atoms with Crippen LogP contribution >= 0.6 is 11.8 Å². The first-order chi connectivity index (χ1) is 30.9. The van der Waals surface area contributed by atoms with E-state index in [0.717, 1.165) is 48.1 Å². The summed E-state index contributed by atoms with van der Waals surface area (Å²) in [4.78, 5) is 23.2. The molecule has 1 aliphatic heterocycles. The van der Waals surface area contributed by atoms with Crippen molar-refractivity contribution in [1.82, 2.24) is 4.90 Å². The lowest BCUT2D eigenvalue weighted by Crippen LogP contribution is -2.70. The summed E-state index contributed by atoms with van der Waals surface area (Å²) < 4.78 is 40.6. The van der Waals surface area contributed by atoms with E-state index in [4.69, 9.17) is 28.9 Å². The topological polar surface area (TPSA) is 119 Å². The Morgan fingerprint density at radius 2 is 1.68 bits per heavy atom. The summed E-state index contributed by atoms with van der Waals surface area (Å²) in [6, 6.07) is 31.3. The highest BCUT2D eigenvalue weighted by Crippen LogP contribution is 2.62. The molecular formula is C51H59FN2O8S. The van der Waals surface area contributed by atoms with E-state index in [-0.39, 0.29) is 63.0 Å². The number of ether oxygens (including phenoxy) is 4. The zero-order chi connectivity index (χ0) is 44.0. The number of oxime groups is 1. The van der Waals surface area contributed by atoms with E-state index < -0.39 is 23.8 Å². The summed E-state index contributed by atoms with van der Waals surface area (Å²) in [5, 5.41) is 24.8. The van der Waals surface area contributed by atoms with Crippen LogP contribution in [0.2, 0.25) is 0 Å². The molecule has 4 aromatic rings. The minimum Gasteiger partial charge on any atom is -0.493 e. The molecule has 1 heterocycles. The molecule has 1 amide bonds. The predicted octanol–water partition coefficient (Wildman–Crippen LogP) is 10.1. The van der Waals surface area contributed by atoms with Gasteiger partial charge in [-0.25, -0.2) is 9.18 Å².